The summed E-state index contributed by atoms with van der Waals surface area (Å²) in [6.07, 6.45) is 1.89. The lowest BCUT2D eigenvalue weighted by atomic mass is 10.00. The van der Waals surface area contributed by atoms with Crippen molar-refractivity contribution in [3.8, 4) is 5.75 Å². The maximum Gasteiger partial charge on any atom is 0.315 e. The van der Waals surface area contributed by atoms with Gasteiger partial charge in [-0.15, -0.1) is 0 Å². The van der Waals surface area contributed by atoms with E-state index in [1.807, 2.05) is 12.1 Å². The third-order valence-electron chi connectivity index (χ3n) is 5.53. The number of ether oxygens (including phenoxy) is 1. The summed E-state index contributed by atoms with van der Waals surface area (Å²) in [5.41, 5.74) is 6.12. The van der Waals surface area contributed by atoms with Crippen molar-refractivity contribution < 1.29 is 9.53 Å². The molecular weight excluding hydrogens is 350 g/mol. The van der Waals surface area contributed by atoms with Crippen LogP contribution >= 0.6 is 0 Å². The fourth-order valence-electron chi connectivity index (χ4n) is 3.97. The molecule has 0 spiro atoms. The number of urea groups is 1. The van der Waals surface area contributed by atoms with Crippen LogP contribution in [0.2, 0.25) is 0 Å². The van der Waals surface area contributed by atoms with E-state index in [1.165, 1.54) is 27.9 Å². The van der Waals surface area contributed by atoms with Gasteiger partial charge in [0, 0.05) is 31.4 Å². The zero-order valence-corrected chi connectivity index (χ0v) is 17.3. The van der Waals surface area contributed by atoms with E-state index in [0.717, 1.165) is 31.7 Å². The van der Waals surface area contributed by atoms with E-state index >= 15 is 0 Å². The average molecular weight is 382 g/mol. The molecule has 2 N–H and O–H groups in total. The van der Waals surface area contributed by atoms with Crippen molar-refractivity contribution in [3.05, 3.63) is 58.7 Å². The van der Waals surface area contributed by atoms with Gasteiger partial charge in [0.05, 0.1) is 7.11 Å². The highest BCUT2D eigenvalue weighted by Gasteiger charge is 2.21. The van der Waals surface area contributed by atoms with Crippen LogP contribution in [0.1, 0.15) is 35.1 Å². The Labute approximate surface area is 168 Å². The SMILES string of the molecule is COc1ccc(N2CCC(NC(=O)NCc3c(C)cc(C)cc3C)CC2)cc1. The Balaban J connectivity index is 1.46. The monoisotopic (exact) mass is 381 g/mol. The highest BCUT2D eigenvalue weighted by atomic mass is 16.5. The number of nitrogens with one attached hydrogen (secondary N) is 2. The molecule has 0 unspecified atom stereocenters. The lowest BCUT2D eigenvalue weighted by Gasteiger charge is -2.34. The van der Waals surface area contributed by atoms with Crippen LogP contribution in [0, 0.1) is 20.8 Å². The zero-order chi connectivity index (χ0) is 20.1. The van der Waals surface area contributed by atoms with Crippen molar-refractivity contribution in [1.29, 1.82) is 0 Å². The fourth-order valence-corrected chi connectivity index (χ4v) is 3.97. The molecule has 5 nitrogen and oxygen atoms in total. The van der Waals surface area contributed by atoms with Gasteiger partial charge in [0.25, 0.3) is 0 Å². The molecule has 3 rings (SSSR count). The molecule has 1 fully saturated rings. The Bertz CT molecular complexity index is 786. The van der Waals surface area contributed by atoms with Gasteiger partial charge in [-0.1, -0.05) is 17.7 Å². The number of amides is 2. The van der Waals surface area contributed by atoms with E-state index < -0.39 is 0 Å². The van der Waals surface area contributed by atoms with Crippen LogP contribution in [-0.4, -0.2) is 32.3 Å². The van der Waals surface area contributed by atoms with Gasteiger partial charge in [-0.25, -0.2) is 4.79 Å². The molecule has 28 heavy (non-hydrogen) atoms. The molecule has 1 heterocycles. The Morgan fingerprint density at radius 3 is 2.25 bits per heavy atom. The number of hydrogen-bond donors (Lipinski definition) is 2. The quantitative estimate of drug-likeness (QED) is 0.820. The van der Waals surface area contributed by atoms with Crippen LogP contribution in [0.5, 0.6) is 5.75 Å². The van der Waals surface area contributed by atoms with E-state index in [-0.39, 0.29) is 12.1 Å². The molecule has 5 heteroatoms. The zero-order valence-electron chi connectivity index (χ0n) is 17.3. The van der Waals surface area contributed by atoms with E-state index in [2.05, 4.69) is 60.6 Å². The molecule has 2 amide bonds. The highest BCUT2D eigenvalue weighted by Crippen LogP contribution is 2.23. The first-order valence-electron chi connectivity index (χ1n) is 9.96. The second-order valence-corrected chi connectivity index (χ2v) is 7.66. The van der Waals surface area contributed by atoms with Crippen molar-refractivity contribution >= 4 is 11.7 Å². The molecule has 150 valence electrons. The lowest BCUT2D eigenvalue weighted by Crippen LogP contribution is -2.47. The topological polar surface area (TPSA) is 53.6 Å². The summed E-state index contributed by atoms with van der Waals surface area (Å²) in [5.74, 6) is 0.871. The Morgan fingerprint density at radius 2 is 1.68 bits per heavy atom. The van der Waals surface area contributed by atoms with Gasteiger partial charge in [0.2, 0.25) is 0 Å². The van der Waals surface area contributed by atoms with Crippen molar-refractivity contribution in [1.82, 2.24) is 10.6 Å². The van der Waals surface area contributed by atoms with E-state index in [9.17, 15) is 4.79 Å². The van der Waals surface area contributed by atoms with Gasteiger partial charge < -0.3 is 20.3 Å². The van der Waals surface area contributed by atoms with Crippen molar-refractivity contribution in [2.45, 2.75) is 46.2 Å². The fraction of sp³-hybridized carbons (Fsp3) is 0.435. The number of methoxy groups -OCH3 is 1. The first-order chi connectivity index (χ1) is 13.5. The normalized spacial score (nSPS) is 14.6. The number of aryl methyl sites for hydroxylation is 3. The van der Waals surface area contributed by atoms with Gasteiger partial charge in [-0.3, -0.25) is 0 Å². The summed E-state index contributed by atoms with van der Waals surface area (Å²) in [6, 6.07) is 12.6. The van der Waals surface area contributed by atoms with Crippen LogP contribution in [0.25, 0.3) is 0 Å². The van der Waals surface area contributed by atoms with E-state index in [0.29, 0.717) is 6.54 Å². The van der Waals surface area contributed by atoms with E-state index in [4.69, 9.17) is 4.74 Å². The molecule has 2 aromatic carbocycles. The molecule has 0 radical (unpaired) electrons. The Morgan fingerprint density at radius 1 is 1.07 bits per heavy atom. The molecule has 0 atom stereocenters. The number of rotatable bonds is 5. The Hall–Kier alpha value is -2.69. The van der Waals surface area contributed by atoms with Crippen LogP contribution in [0.3, 0.4) is 0 Å². The summed E-state index contributed by atoms with van der Waals surface area (Å²) in [6.45, 7) is 8.74. The molecule has 2 aromatic rings. The first kappa shape index (κ1) is 20.1. The maximum absolute atomic E-state index is 12.3. The highest BCUT2D eigenvalue weighted by molar-refractivity contribution is 5.74. The predicted octanol–water partition coefficient (Wildman–Crippen LogP) is 4.09. The minimum Gasteiger partial charge on any atom is -0.497 e. The predicted molar refractivity (Wildman–Crippen MR) is 114 cm³/mol. The first-order valence-corrected chi connectivity index (χ1v) is 9.96. The Kier molecular flexibility index (Phi) is 6.45. The second kappa shape index (κ2) is 9.00. The van der Waals surface area contributed by atoms with Gasteiger partial charge in [-0.2, -0.15) is 0 Å². The standard InChI is InChI=1S/C23H31N3O2/c1-16-13-17(2)22(18(3)14-16)15-24-23(27)25-19-9-11-26(12-10-19)20-5-7-21(28-4)8-6-20/h5-8,13-14,19H,9-12,15H2,1-4H3,(H2,24,25,27). The molecule has 0 bridgehead atoms. The second-order valence-electron chi connectivity index (χ2n) is 7.66. The van der Waals surface area contributed by atoms with Gasteiger partial charge in [-0.05, 0) is 74.6 Å². The molecule has 1 saturated heterocycles. The smallest absolute Gasteiger partial charge is 0.315 e. The minimum atomic E-state index is -0.0812. The third kappa shape index (κ3) is 4.97. The molecule has 0 saturated carbocycles. The van der Waals surface area contributed by atoms with Crippen molar-refractivity contribution in [2.75, 3.05) is 25.1 Å². The molecule has 1 aliphatic rings. The summed E-state index contributed by atoms with van der Waals surface area (Å²) in [4.78, 5) is 14.7. The number of nitrogens with zero attached hydrogens (tertiary/aromatic N) is 1. The molecular formula is C23H31N3O2. The molecule has 1 aliphatic heterocycles. The van der Waals surface area contributed by atoms with Crippen LogP contribution in [-0.2, 0) is 6.54 Å². The number of carbonyl (C=O) groups excluding carboxylic acids is 1. The van der Waals surface area contributed by atoms with Crippen LogP contribution in [0.4, 0.5) is 10.5 Å². The third-order valence-corrected chi connectivity index (χ3v) is 5.53. The van der Waals surface area contributed by atoms with Gasteiger partial charge in [0.15, 0.2) is 0 Å². The molecule has 0 aromatic heterocycles. The van der Waals surface area contributed by atoms with E-state index in [1.54, 1.807) is 7.11 Å². The van der Waals surface area contributed by atoms with Gasteiger partial charge >= 0.3 is 6.03 Å². The number of anilines is 1. The summed E-state index contributed by atoms with van der Waals surface area (Å²) in [7, 11) is 1.68. The average Bonchev–Trinajstić information content (AvgIpc) is 2.68. The van der Waals surface area contributed by atoms with Gasteiger partial charge in [0.1, 0.15) is 5.75 Å². The molecule has 0 aliphatic carbocycles. The van der Waals surface area contributed by atoms with Crippen molar-refractivity contribution in [3.63, 3.8) is 0 Å². The van der Waals surface area contributed by atoms with Crippen LogP contribution in [0.15, 0.2) is 36.4 Å². The van der Waals surface area contributed by atoms with Crippen LogP contribution < -0.4 is 20.3 Å². The summed E-state index contributed by atoms with van der Waals surface area (Å²) >= 11 is 0. The lowest BCUT2D eigenvalue weighted by molar-refractivity contribution is 0.234. The summed E-state index contributed by atoms with van der Waals surface area (Å²) in [5, 5.41) is 6.16. The number of piperidine rings is 1. The largest absolute Gasteiger partial charge is 0.497 e. The minimum absolute atomic E-state index is 0.0812. The summed E-state index contributed by atoms with van der Waals surface area (Å²) < 4.78 is 5.22. The number of carbonyl (C=O) groups is 1. The maximum atomic E-state index is 12.3. The van der Waals surface area contributed by atoms with Crippen molar-refractivity contribution in [2.24, 2.45) is 0 Å². The number of benzene rings is 2. The number of hydrogen-bond acceptors (Lipinski definition) is 3.